The molecule has 2 aliphatic rings. The summed E-state index contributed by atoms with van der Waals surface area (Å²) in [4.78, 5) is 14.0. The summed E-state index contributed by atoms with van der Waals surface area (Å²) < 4.78 is 31.8. The first kappa shape index (κ1) is 20.1. The quantitative estimate of drug-likeness (QED) is 0.729. The maximum Gasteiger partial charge on any atom is 0.227 e. The molecule has 1 saturated heterocycles. The van der Waals surface area contributed by atoms with E-state index in [2.05, 4.69) is 5.32 Å². The molecular weight excluding hydrogens is 366 g/mol. The van der Waals surface area contributed by atoms with Crippen LogP contribution in [0.15, 0.2) is 18.2 Å². The van der Waals surface area contributed by atoms with E-state index in [0.29, 0.717) is 18.8 Å². The fourth-order valence-electron chi connectivity index (χ4n) is 3.34. The topological polar surface area (TPSA) is 79.0 Å². The zero-order chi connectivity index (χ0) is 19.6. The Hall–Kier alpha value is -1.64. The van der Waals surface area contributed by atoms with Gasteiger partial charge in [0.15, 0.2) is 0 Å². The lowest BCUT2D eigenvalue weighted by Gasteiger charge is -2.26. The summed E-state index contributed by atoms with van der Waals surface area (Å²) in [6.07, 6.45) is 4.91. The molecule has 1 aromatic rings. The molecule has 1 saturated carbocycles. The number of benzene rings is 1. The van der Waals surface area contributed by atoms with Crippen LogP contribution >= 0.6 is 0 Å². The van der Waals surface area contributed by atoms with Gasteiger partial charge in [-0.05, 0) is 49.4 Å². The largest absolute Gasteiger partial charge is 0.377 e. The fraction of sp³-hybridized carbons (Fsp3) is 0.632. The van der Waals surface area contributed by atoms with E-state index >= 15 is 0 Å². The average Bonchev–Trinajstić information content (AvgIpc) is 3.31. The van der Waals surface area contributed by atoms with Crippen molar-refractivity contribution in [1.82, 2.24) is 4.31 Å². The number of hydrogen-bond donors (Lipinski definition) is 1. The van der Waals surface area contributed by atoms with Crippen LogP contribution in [0.3, 0.4) is 0 Å². The minimum absolute atomic E-state index is 0.0397. The van der Waals surface area contributed by atoms with Gasteiger partial charge in [-0.1, -0.05) is 0 Å². The summed E-state index contributed by atoms with van der Waals surface area (Å²) in [5.74, 6) is 0.159. The van der Waals surface area contributed by atoms with Gasteiger partial charge in [-0.2, -0.15) is 4.31 Å². The Bertz CT molecular complexity index is 784. The molecule has 1 heterocycles. The van der Waals surface area contributed by atoms with Gasteiger partial charge < -0.3 is 15.0 Å². The third-order valence-corrected chi connectivity index (χ3v) is 6.24. The Kier molecular flexibility index (Phi) is 6.08. The van der Waals surface area contributed by atoms with Crippen LogP contribution in [-0.4, -0.2) is 58.2 Å². The molecular formula is C19H29N3O4S. The molecule has 0 spiro atoms. The first-order valence-corrected chi connectivity index (χ1v) is 11.3. The van der Waals surface area contributed by atoms with Crippen molar-refractivity contribution >= 4 is 27.3 Å². The third kappa shape index (κ3) is 5.43. The second-order valence-electron chi connectivity index (χ2n) is 7.69. The minimum Gasteiger partial charge on any atom is -0.377 e. The normalized spacial score (nSPS) is 20.1. The van der Waals surface area contributed by atoms with Crippen LogP contribution in [0.4, 0.5) is 11.4 Å². The number of hydrogen-bond acceptors (Lipinski definition) is 5. The van der Waals surface area contributed by atoms with Crippen molar-refractivity contribution < 1.29 is 17.9 Å². The van der Waals surface area contributed by atoms with Crippen molar-refractivity contribution in [2.75, 3.05) is 43.7 Å². The number of carbonyl (C=O) groups excluding carboxylic acids is 1. The molecule has 3 rings (SSSR count). The van der Waals surface area contributed by atoms with Gasteiger partial charge in [0.05, 0.1) is 12.4 Å². The molecule has 0 unspecified atom stereocenters. The number of carbonyl (C=O) groups is 1. The Balaban J connectivity index is 1.82. The number of nitrogens with one attached hydrogen (secondary N) is 1. The number of anilines is 2. The number of amides is 1. The summed E-state index contributed by atoms with van der Waals surface area (Å²) in [5.41, 5.74) is 2.50. The van der Waals surface area contributed by atoms with Crippen LogP contribution in [0.1, 0.15) is 31.2 Å². The van der Waals surface area contributed by atoms with Crippen molar-refractivity contribution in [3.05, 3.63) is 23.8 Å². The molecule has 1 atom stereocenters. The van der Waals surface area contributed by atoms with Gasteiger partial charge in [0.1, 0.15) is 0 Å². The van der Waals surface area contributed by atoms with E-state index in [1.54, 1.807) is 0 Å². The highest BCUT2D eigenvalue weighted by Gasteiger charge is 2.30. The maximum atomic E-state index is 12.4. The monoisotopic (exact) mass is 395 g/mol. The third-order valence-electron chi connectivity index (χ3n) is 5.02. The predicted molar refractivity (Wildman–Crippen MR) is 106 cm³/mol. The second-order valence-corrected chi connectivity index (χ2v) is 9.67. The number of nitrogens with zero attached hydrogens (tertiary/aromatic N) is 2. The van der Waals surface area contributed by atoms with Crippen molar-refractivity contribution in [3.63, 3.8) is 0 Å². The van der Waals surface area contributed by atoms with E-state index in [0.717, 1.165) is 36.9 Å². The highest BCUT2D eigenvalue weighted by atomic mass is 32.2. The summed E-state index contributed by atoms with van der Waals surface area (Å²) in [6, 6.07) is 5.66. The number of ether oxygens (including phenoxy) is 1. The summed E-state index contributed by atoms with van der Waals surface area (Å²) in [5, 5.41) is 2.95. The molecule has 1 aliphatic carbocycles. The van der Waals surface area contributed by atoms with Crippen molar-refractivity contribution in [2.24, 2.45) is 5.92 Å². The summed E-state index contributed by atoms with van der Waals surface area (Å²) in [6.45, 7) is 1.29. The zero-order valence-corrected chi connectivity index (χ0v) is 17.1. The van der Waals surface area contributed by atoms with Crippen molar-refractivity contribution in [3.8, 4) is 0 Å². The van der Waals surface area contributed by atoms with Crippen molar-refractivity contribution in [2.45, 2.75) is 38.3 Å². The molecule has 8 heteroatoms. The first-order chi connectivity index (χ1) is 12.7. The van der Waals surface area contributed by atoms with E-state index < -0.39 is 10.0 Å². The highest BCUT2D eigenvalue weighted by Crippen LogP contribution is 2.31. The van der Waals surface area contributed by atoms with Gasteiger partial charge in [0, 0.05) is 51.1 Å². The molecule has 1 amide bonds. The molecule has 0 radical (unpaired) electrons. The van der Waals surface area contributed by atoms with Crippen LogP contribution in [0.2, 0.25) is 0 Å². The molecule has 2 fully saturated rings. The number of rotatable bonds is 8. The van der Waals surface area contributed by atoms with Gasteiger partial charge in [-0.3, -0.25) is 4.79 Å². The standard InChI is InChI=1S/C19H29N3O4S/c1-21(2)18-9-8-16(20-19(23)14-6-7-14)11-15(18)12-22(27(3,24)25)13-17-5-4-10-26-17/h8-9,11,14,17H,4-7,10,12-13H2,1-3H3,(H,20,23)/t17-/m0/s1. The Morgan fingerprint density at radius 2 is 2.00 bits per heavy atom. The fourth-order valence-corrected chi connectivity index (χ4v) is 4.15. The molecule has 1 aromatic carbocycles. The van der Waals surface area contributed by atoms with E-state index in [9.17, 15) is 13.2 Å². The van der Waals surface area contributed by atoms with E-state index in [4.69, 9.17) is 4.74 Å². The van der Waals surface area contributed by atoms with Gasteiger partial charge in [0.2, 0.25) is 15.9 Å². The van der Waals surface area contributed by atoms with Crippen LogP contribution in [0.25, 0.3) is 0 Å². The second kappa shape index (κ2) is 8.16. The molecule has 0 bridgehead atoms. The first-order valence-electron chi connectivity index (χ1n) is 9.42. The summed E-state index contributed by atoms with van der Waals surface area (Å²) >= 11 is 0. The lowest BCUT2D eigenvalue weighted by molar-refractivity contribution is -0.117. The molecule has 1 N–H and O–H groups in total. The van der Waals surface area contributed by atoms with E-state index in [-0.39, 0.29) is 24.5 Å². The minimum atomic E-state index is -3.38. The Labute approximate surface area is 161 Å². The van der Waals surface area contributed by atoms with Gasteiger partial charge in [0.25, 0.3) is 0 Å². The van der Waals surface area contributed by atoms with Gasteiger partial charge in [-0.25, -0.2) is 8.42 Å². The lowest BCUT2D eigenvalue weighted by atomic mass is 10.1. The van der Waals surface area contributed by atoms with Crippen LogP contribution in [0.5, 0.6) is 0 Å². The van der Waals surface area contributed by atoms with Crippen LogP contribution < -0.4 is 10.2 Å². The highest BCUT2D eigenvalue weighted by molar-refractivity contribution is 7.88. The van der Waals surface area contributed by atoms with Crippen LogP contribution in [-0.2, 0) is 26.1 Å². The number of sulfonamides is 1. The predicted octanol–water partition coefficient (Wildman–Crippen LogP) is 2.04. The maximum absolute atomic E-state index is 12.4. The average molecular weight is 396 g/mol. The van der Waals surface area contributed by atoms with Crippen molar-refractivity contribution in [1.29, 1.82) is 0 Å². The zero-order valence-electron chi connectivity index (χ0n) is 16.3. The van der Waals surface area contributed by atoms with E-state index in [1.807, 2.05) is 37.2 Å². The smallest absolute Gasteiger partial charge is 0.227 e. The summed E-state index contributed by atoms with van der Waals surface area (Å²) in [7, 11) is 0.461. The van der Waals surface area contributed by atoms with Gasteiger partial charge >= 0.3 is 0 Å². The van der Waals surface area contributed by atoms with E-state index in [1.165, 1.54) is 10.6 Å². The van der Waals surface area contributed by atoms with Crippen LogP contribution in [0, 0.1) is 5.92 Å². The Morgan fingerprint density at radius 3 is 2.56 bits per heavy atom. The van der Waals surface area contributed by atoms with Gasteiger partial charge in [-0.15, -0.1) is 0 Å². The molecule has 150 valence electrons. The molecule has 0 aromatic heterocycles. The SMILES string of the molecule is CN(C)c1ccc(NC(=O)C2CC2)cc1CN(C[C@@H]1CCCO1)S(C)(=O)=O. The Morgan fingerprint density at radius 1 is 1.26 bits per heavy atom. The molecule has 27 heavy (non-hydrogen) atoms. The lowest BCUT2D eigenvalue weighted by Crippen LogP contribution is -2.36. The molecule has 1 aliphatic heterocycles. The molecule has 7 nitrogen and oxygen atoms in total.